The van der Waals surface area contributed by atoms with Crippen LogP contribution < -0.4 is 11.2 Å². The Hall–Kier alpha value is -2.55. The van der Waals surface area contributed by atoms with E-state index in [4.69, 9.17) is 13.8 Å². The quantitative estimate of drug-likeness (QED) is 0.266. The van der Waals surface area contributed by atoms with Crippen LogP contribution >= 0.6 is 26.7 Å². The van der Waals surface area contributed by atoms with Crippen molar-refractivity contribution in [3.8, 4) is 6.07 Å². The van der Waals surface area contributed by atoms with Crippen LogP contribution in [0, 0.1) is 11.3 Å². The number of aromatic nitrogens is 2. The fourth-order valence-electron chi connectivity index (χ4n) is 5.49. The van der Waals surface area contributed by atoms with Gasteiger partial charge in [0.2, 0.25) is 0 Å². The smallest absolute Gasteiger partial charge is 0.348 e. The average molecular weight is 667 g/mol. The topological polar surface area (TPSA) is 150 Å². The summed E-state index contributed by atoms with van der Waals surface area (Å²) >= 11 is 1.35. The Morgan fingerprint density at radius 3 is 2.25 bits per heavy atom. The lowest BCUT2D eigenvalue weighted by Gasteiger charge is -2.43. The molecule has 0 spiro atoms. The van der Waals surface area contributed by atoms with Crippen molar-refractivity contribution in [1.82, 2.24) is 13.8 Å². The van der Waals surface area contributed by atoms with Gasteiger partial charge in [0.05, 0.1) is 23.5 Å². The first-order chi connectivity index (χ1) is 20.8. The van der Waals surface area contributed by atoms with Crippen LogP contribution in [0.25, 0.3) is 0 Å². The number of hydrogen-bond donors (Lipinski definition) is 0. The monoisotopic (exact) mass is 666 g/mol. The number of carbonyl (C=O) groups excluding carboxylic acids is 1. The predicted octanol–water partition coefficient (Wildman–Crippen LogP) is 5.01. The SMILES string of the molecule is COP(=O)(/C=C/[C@H]1O[C@@H](n2ccc(=O)n(C(=O)c3ccccc3)c2=O)[C@H](SC)[C@@H]1N(CCC#N)P(=O)(C(C)C)C(C)C)OC. The molecule has 15 heteroatoms. The number of ether oxygens (including phenoxy) is 1. The molecule has 0 amide bonds. The highest BCUT2D eigenvalue weighted by atomic mass is 32.2. The van der Waals surface area contributed by atoms with Crippen LogP contribution in [0.15, 0.2) is 64.1 Å². The van der Waals surface area contributed by atoms with Crippen LogP contribution in [0.3, 0.4) is 0 Å². The molecule has 0 N–H and O–H groups in total. The number of benzene rings is 1. The van der Waals surface area contributed by atoms with Crippen LogP contribution in [0.4, 0.5) is 0 Å². The molecule has 12 nitrogen and oxygen atoms in total. The second kappa shape index (κ2) is 15.2. The maximum atomic E-state index is 14.8. The van der Waals surface area contributed by atoms with Crippen molar-refractivity contribution in [1.29, 1.82) is 5.26 Å². The van der Waals surface area contributed by atoms with E-state index in [1.54, 1.807) is 18.2 Å². The molecule has 0 saturated carbocycles. The summed E-state index contributed by atoms with van der Waals surface area (Å²) in [6.07, 6.45) is 2.71. The normalized spacial score (nSPS) is 21.0. The van der Waals surface area contributed by atoms with Gasteiger partial charge in [0.15, 0.2) is 13.5 Å². The van der Waals surface area contributed by atoms with E-state index in [-0.39, 0.29) is 29.8 Å². The third-order valence-electron chi connectivity index (χ3n) is 7.68. The Kier molecular flexibility index (Phi) is 12.4. The van der Waals surface area contributed by atoms with Crippen LogP contribution in [-0.2, 0) is 22.9 Å². The second-order valence-corrected chi connectivity index (χ2v) is 17.8. The molecule has 4 atom stereocenters. The Balaban J connectivity index is 2.27. The first-order valence-corrected chi connectivity index (χ1v) is 18.8. The van der Waals surface area contributed by atoms with E-state index < -0.39 is 55.7 Å². The Bertz CT molecular complexity index is 1580. The second-order valence-electron chi connectivity index (χ2n) is 10.7. The minimum Gasteiger partial charge on any atom is -0.348 e. The zero-order chi connectivity index (χ0) is 32.8. The number of hydrogen-bond acceptors (Lipinski definition) is 10. The van der Waals surface area contributed by atoms with E-state index in [1.165, 1.54) is 60.8 Å². The number of rotatable bonds is 13. The van der Waals surface area contributed by atoms with E-state index in [9.17, 15) is 28.8 Å². The summed E-state index contributed by atoms with van der Waals surface area (Å²) in [5, 5.41) is 8.95. The molecule has 240 valence electrons. The van der Waals surface area contributed by atoms with E-state index in [0.717, 1.165) is 6.07 Å². The maximum Gasteiger partial charge on any atom is 0.353 e. The summed E-state index contributed by atoms with van der Waals surface area (Å²) in [6, 6.07) is 10.6. The van der Waals surface area contributed by atoms with Gasteiger partial charge in [0.1, 0.15) is 0 Å². The van der Waals surface area contributed by atoms with Crippen molar-refractivity contribution in [2.75, 3.05) is 27.0 Å². The van der Waals surface area contributed by atoms with Gasteiger partial charge in [-0.2, -0.15) is 21.6 Å². The van der Waals surface area contributed by atoms with Gasteiger partial charge in [-0.1, -0.05) is 45.9 Å². The molecule has 44 heavy (non-hydrogen) atoms. The van der Waals surface area contributed by atoms with E-state index in [1.807, 2.05) is 38.6 Å². The largest absolute Gasteiger partial charge is 0.353 e. The molecule has 1 saturated heterocycles. The molecule has 1 fully saturated rings. The van der Waals surface area contributed by atoms with Gasteiger partial charge in [-0.25, -0.2) is 9.46 Å². The van der Waals surface area contributed by atoms with Gasteiger partial charge in [-0.3, -0.25) is 18.7 Å². The first kappa shape index (κ1) is 35.9. The summed E-state index contributed by atoms with van der Waals surface area (Å²) in [4.78, 5) is 39.9. The highest BCUT2D eigenvalue weighted by Gasteiger charge is 2.53. The van der Waals surface area contributed by atoms with E-state index >= 15 is 0 Å². The zero-order valence-electron chi connectivity index (χ0n) is 25.9. The number of nitriles is 1. The molecule has 0 unspecified atom stereocenters. The van der Waals surface area contributed by atoms with Gasteiger partial charge in [0.25, 0.3) is 11.5 Å². The lowest BCUT2D eigenvalue weighted by molar-refractivity contribution is 0.0151. The molecule has 1 aromatic carbocycles. The molecular formula is C29H40N4O8P2S. The maximum absolute atomic E-state index is 14.8. The summed E-state index contributed by atoms with van der Waals surface area (Å²) in [6.45, 7) is 7.62. The molecule has 0 bridgehead atoms. The molecule has 2 heterocycles. The summed E-state index contributed by atoms with van der Waals surface area (Å²) in [5.41, 5.74) is -2.12. The standard InChI is InChI=1S/C29H40N4O8P2S/c1-20(2)43(38,21(3)4)32(17-11-16-30)25-23(15-19-42(37,39-5)40-6)41-28(26(25)44-7)31-18-14-24(34)33(29(31)36)27(35)22-12-9-8-10-13-22/h8-10,12-15,18-21,23,25-26,28H,11,17H2,1-7H3/b19-15+/t23-,25-,26-,28-/m1/s1. The van der Waals surface area contributed by atoms with Crippen LogP contribution in [0.2, 0.25) is 0 Å². The number of thioether (sulfide) groups is 1. The third kappa shape index (κ3) is 7.13. The highest BCUT2D eigenvalue weighted by molar-refractivity contribution is 7.99. The van der Waals surface area contributed by atoms with Crippen LogP contribution in [0.5, 0.6) is 0 Å². The van der Waals surface area contributed by atoms with Gasteiger partial charge in [0, 0.05) is 62.1 Å². The number of nitrogens with zero attached hydrogens (tertiary/aromatic N) is 4. The molecule has 1 aromatic heterocycles. The fourth-order valence-corrected chi connectivity index (χ4v) is 10.8. The summed E-state index contributed by atoms with van der Waals surface area (Å²) in [7, 11) is -4.36. The van der Waals surface area contributed by atoms with Gasteiger partial charge in [-0.15, -0.1) is 0 Å². The van der Waals surface area contributed by atoms with Gasteiger partial charge >= 0.3 is 13.3 Å². The lowest BCUT2D eigenvalue weighted by atomic mass is 10.1. The third-order valence-corrected chi connectivity index (χ3v) is 14.5. The van der Waals surface area contributed by atoms with Crippen molar-refractivity contribution < 1.29 is 27.7 Å². The molecule has 0 radical (unpaired) electrons. The van der Waals surface area contributed by atoms with Gasteiger partial charge < -0.3 is 18.3 Å². The van der Waals surface area contributed by atoms with Crippen molar-refractivity contribution in [2.45, 2.75) is 69.1 Å². The Morgan fingerprint density at radius 2 is 1.73 bits per heavy atom. The Morgan fingerprint density at radius 1 is 1.11 bits per heavy atom. The molecule has 0 aliphatic carbocycles. The minimum atomic E-state index is -3.65. The fraction of sp³-hybridized carbons (Fsp3) is 0.517. The molecule has 1 aliphatic rings. The van der Waals surface area contributed by atoms with E-state index in [0.29, 0.717) is 4.57 Å². The minimum absolute atomic E-state index is 0.0766. The summed E-state index contributed by atoms with van der Waals surface area (Å²) < 4.78 is 48.0. The van der Waals surface area contributed by atoms with Crippen LogP contribution in [-0.4, -0.2) is 75.4 Å². The van der Waals surface area contributed by atoms with E-state index in [2.05, 4.69) is 6.07 Å². The average Bonchev–Trinajstić information content (AvgIpc) is 3.37. The first-order valence-electron chi connectivity index (χ1n) is 14.1. The zero-order valence-corrected chi connectivity index (χ0v) is 28.5. The van der Waals surface area contributed by atoms with Crippen molar-refractivity contribution >= 4 is 32.6 Å². The van der Waals surface area contributed by atoms with Crippen LogP contribution in [0.1, 0.15) is 50.7 Å². The van der Waals surface area contributed by atoms with Crippen molar-refractivity contribution in [3.63, 3.8) is 0 Å². The lowest BCUT2D eigenvalue weighted by Crippen LogP contribution is -2.48. The molecule has 3 rings (SSSR count). The predicted molar refractivity (Wildman–Crippen MR) is 172 cm³/mol. The van der Waals surface area contributed by atoms with Crippen molar-refractivity contribution in [3.05, 3.63) is 80.9 Å². The molecular weight excluding hydrogens is 626 g/mol. The number of carbonyl (C=O) groups is 1. The molecule has 2 aromatic rings. The Labute approximate surface area is 261 Å². The van der Waals surface area contributed by atoms with Gasteiger partial charge in [-0.05, 0) is 24.5 Å². The van der Waals surface area contributed by atoms with Crippen molar-refractivity contribution in [2.24, 2.45) is 0 Å². The highest BCUT2D eigenvalue weighted by Crippen LogP contribution is 2.62. The summed E-state index contributed by atoms with van der Waals surface area (Å²) in [5.74, 6) is 0.466. The molecule has 1 aliphatic heterocycles.